The molecule has 0 heterocycles. The Morgan fingerprint density at radius 3 is 2.20 bits per heavy atom. The van der Waals surface area contributed by atoms with E-state index in [0.717, 1.165) is 11.1 Å². The molecule has 0 aliphatic carbocycles. The van der Waals surface area contributed by atoms with Crippen LogP contribution < -0.4 is 16.0 Å². The van der Waals surface area contributed by atoms with Crippen LogP contribution in [0.5, 0.6) is 0 Å². The lowest BCUT2D eigenvalue weighted by Crippen LogP contribution is -2.39. The fraction of sp³-hybridized carbons (Fsp3) is 0.348. The van der Waals surface area contributed by atoms with Crippen molar-refractivity contribution in [1.29, 1.82) is 0 Å². The smallest absolute Gasteiger partial charge is 0.338 e. The second-order valence-electron chi connectivity index (χ2n) is 7.37. The van der Waals surface area contributed by atoms with E-state index in [-0.39, 0.29) is 30.5 Å². The SMILES string of the molecule is CC(C)NC(=O)NCc1ccc(C(=O)OCC(=O)NC[C@@H](C)c2ccccc2)cc1. The van der Waals surface area contributed by atoms with Gasteiger partial charge in [-0.3, -0.25) is 4.79 Å². The topological polar surface area (TPSA) is 96.5 Å². The molecule has 3 N–H and O–H groups in total. The van der Waals surface area contributed by atoms with E-state index >= 15 is 0 Å². The van der Waals surface area contributed by atoms with Crippen molar-refractivity contribution in [3.63, 3.8) is 0 Å². The molecule has 2 aromatic carbocycles. The summed E-state index contributed by atoms with van der Waals surface area (Å²) < 4.78 is 5.08. The minimum atomic E-state index is -0.571. The maximum absolute atomic E-state index is 12.1. The minimum Gasteiger partial charge on any atom is -0.452 e. The van der Waals surface area contributed by atoms with Crippen molar-refractivity contribution < 1.29 is 19.1 Å². The van der Waals surface area contributed by atoms with Gasteiger partial charge in [0.25, 0.3) is 5.91 Å². The molecule has 0 unspecified atom stereocenters. The van der Waals surface area contributed by atoms with Crippen LogP contribution in [0.25, 0.3) is 0 Å². The minimum absolute atomic E-state index is 0.0564. The average molecular weight is 412 g/mol. The van der Waals surface area contributed by atoms with Crippen LogP contribution in [-0.4, -0.2) is 37.1 Å². The molecule has 7 nitrogen and oxygen atoms in total. The summed E-state index contributed by atoms with van der Waals surface area (Å²) in [4.78, 5) is 35.7. The van der Waals surface area contributed by atoms with Crippen molar-refractivity contribution in [2.75, 3.05) is 13.2 Å². The van der Waals surface area contributed by atoms with Crippen molar-refractivity contribution in [3.05, 3.63) is 71.3 Å². The van der Waals surface area contributed by atoms with Crippen LogP contribution in [0.2, 0.25) is 0 Å². The van der Waals surface area contributed by atoms with Crippen LogP contribution in [0.1, 0.15) is 48.2 Å². The molecule has 1 atom stereocenters. The molecule has 0 radical (unpaired) electrons. The predicted octanol–water partition coefficient (Wildman–Crippen LogP) is 2.97. The Morgan fingerprint density at radius 1 is 0.900 bits per heavy atom. The number of hydrogen-bond acceptors (Lipinski definition) is 4. The van der Waals surface area contributed by atoms with Crippen molar-refractivity contribution in [3.8, 4) is 0 Å². The fourth-order valence-electron chi connectivity index (χ4n) is 2.69. The molecule has 3 amide bonds. The molecule has 0 spiro atoms. The number of urea groups is 1. The van der Waals surface area contributed by atoms with Gasteiger partial charge in [0.15, 0.2) is 6.61 Å². The molecule has 2 rings (SSSR count). The van der Waals surface area contributed by atoms with Crippen LogP contribution in [0, 0.1) is 0 Å². The molecular weight excluding hydrogens is 382 g/mol. The second kappa shape index (κ2) is 11.6. The first kappa shape index (κ1) is 22.9. The van der Waals surface area contributed by atoms with Gasteiger partial charge in [0.05, 0.1) is 5.56 Å². The zero-order chi connectivity index (χ0) is 21.9. The van der Waals surface area contributed by atoms with Crippen molar-refractivity contribution in [1.82, 2.24) is 16.0 Å². The molecule has 0 aliphatic rings. The zero-order valence-corrected chi connectivity index (χ0v) is 17.6. The summed E-state index contributed by atoms with van der Waals surface area (Å²) in [5.74, 6) is -0.754. The lowest BCUT2D eigenvalue weighted by molar-refractivity contribution is -0.124. The highest BCUT2D eigenvalue weighted by Gasteiger charge is 2.12. The average Bonchev–Trinajstić information content (AvgIpc) is 2.74. The highest BCUT2D eigenvalue weighted by Crippen LogP contribution is 2.13. The van der Waals surface area contributed by atoms with Crippen molar-refractivity contribution >= 4 is 17.9 Å². The lowest BCUT2D eigenvalue weighted by Gasteiger charge is -2.13. The van der Waals surface area contributed by atoms with Crippen LogP contribution in [0.3, 0.4) is 0 Å². The summed E-state index contributed by atoms with van der Waals surface area (Å²) in [5.41, 5.74) is 2.32. The maximum Gasteiger partial charge on any atom is 0.338 e. The number of rotatable bonds is 9. The van der Waals surface area contributed by atoms with Gasteiger partial charge >= 0.3 is 12.0 Å². The molecule has 30 heavy (non-hydrogen) atoms. The normalized spacial score (nSPS) is 11.5. The number of carbonyl (C=O) groups excluding carboxylic acids is 3. The zero-order valence-electron chi connectivity index (χ0n) is 17.6. The first-order valence-electron chi connectivity index (χ1n) is 9.97. The molecule has 0 aliphatic heterocycles. The van der Waals surface area contributed by atoms with Gasteiger partial charge < -0.3 is 20.7 Å². The van der Waals surface area contributed by atoms with E-state index in [1.165, 1.54) is 0 Å². The first-order valence-corrected chi connectivity index (χ1v) is 9.97. The summed E-state index contributed by atoms with van der Waals surface area (Å²) in [5, 5.41) is 8.24. The molecule has 0 fully saturated rings. The van der Waals surface area contributed by atoms with E-state index in [1.54, 1.807) is 24.3 Å². The molecule has 0 bridgehead atoms. The van der Waals surface area contributed by atoms with Gasteiger partial charge in [-0.25, -0.2) is 9.59 Å². The summed E-state index contributed by atoms with van der Waals surface area (Å²) in [6.07, 6.45) is 0. The summed E-state index contributed by atoms with van der Waals surface area (Å²) in [6, 6.07) is 16.3. The molecule has 160 valence electrons. The number of carbonyl (C=O) groups is 3. The predicted molar refractivity (Wildman–Crippen MR) is 115 cm³/mol. The Morgan fingerprint density at radius 2 is 1.57 bits per heavy atom. The van der Waals surface area contributed by atoms with Crippen molar-refractivity contribution in [2.24, 2.45) is 0 Å². The molecule has 7 heteroatoms. The highest BCUT2D eigenvalue weighted by atomic mass is 16.5. The van der Waals surface area contributed by atoms with E-state index in [1.807, 2.05) is 51.1 Å². The monoisotopic (exact) mass is 411 g/mol. The summed E-state index contributed by atoms with van der Waals surface area (Å²) in [7, 11) is 0. The van der Waals surface area contributed by atoms with Crippen LogP contribution in [0.4, 0.5) is 4.79 Å². The molecule has 0 aromatic heterocycles. The van der Waals surface area contributed by atoms with E-state index in [2.05, 4.69) is 16.0 Å². The van der Waals surface area contributed by atoms with Gasteiger partial charge in [-0.15, -0.1) is 0 Å². The van der Waals surface area contributed by atoms with E-state index in [9.17, 15) is 14.4 Å². The molecular formula is C23H29N3O4. The van der Waals surface area contributed by atoms with E-state index in [4.69, 9.17) is 4.74 Å². The number of hydrogen-bond donors (Lipinski definition) is 3. The molecule has 0 saturated heterocycles. The van der Waals surface area contributed by atoms with Gasteiger partial charge in [0.1, 0.15) is 0 Å². The Labute approximate surface area is 177 Å². The van der Waals surface area contributed by atoms with Gasteiger partial charge in [-0.2, -0.15) is 0 Å². The standard InChI is InChI=1S/C23H29N3O4/c1-16(2)26-23(29)25-14-18-9-11-20(12-10-18)22(28)30-15-21(27)24-13-17(3)19-7-5-4-6-8-19/h4-12,16-17H,13-15H2,1-3H3,(H,24,27)(H2,25,26,29)/t17-/m1/s1. The van der Waals surface area contributed by atoms with Gasteiger partial charge in [0.2, 0.25) is 0 Å². The largest absolute Gasteiger partial charge is 0.452 e. The Bertz CT molecular complexity index is 835. The van der Waals surface area contributed by atoms with Crippen molar-refractivity contribution in [2.45, 2.75) is 39.3 Å². The third-order valence-electron chi connectivity index (χ3n) is 4.37. The van der Waals surface area contributed by atoms with Gasteiger partial charge in [-0.05, 0) is 43.0 Å². The number of ether oxygens (including phenoxy) is 1. The highest BCUT2D eigenvalue weighted by molar-refractivity contribution is 5.91. The van der Waals surface area contributed by atoms with Crippen LogP contribution in [0.15, 0.2) is 54.6 Å². The molecule has 2 aromatic rings. The number of nitrogens with one attached hydrogen (secondary N) is 3. The number of benzene rings is 2. The lowest BCUT2D eigenvalue weighted by atomic mass is 10.0. The number of amides is 3. The quantitative estimate of drug-likeness (QED) is 0.553. The summed E-state index contributed by atoms with van der Waals surface area (Å²) >= 11 is 0. The fourth-order valence-corrected chi connectivity index (χ4v) is 2.69. The van der Waals surface area contributed by atoms with Gasteiger partial charge in [0, 0.05) is 19.1 Å². The third kappa shape index (κ3) is 7.95. The number of esters is 1. The van der Waals surface area contributed by atoms with Gasteiger partial charge in [-0.1, -0.05) is 49.4 Å². The van der Waals surface area contributed by atoms with E-state index < -0.39 is 5.97 Å². The third-order valence-corrected chi connectivity index (χ3v) is 4.37. The maximum atomic E-state index is 12.1. The second-order valence-corrected chi connectivity index (χ2v) is 7.37. The van der Waals surface area contributed by atoms with Crippen LogP contribution in [-0.2, 0) is 16.1 Å². The Kier molecular flexibility index (Phi) is 8.87. The summed E-state index contributed by atoms with van der Waals surface area (Å²) in [6.45, 7) is 6.25. The first-order chi connectivity index (χ1) is 14.3. The Balaban J connectivity index is 1.72. The molecule has 0 saturated carbocycles. The van der Waals surface area contributed by atoms with Crippen LogP contribution >= 0.6 is 0 Å². The Hall–Kier alpha value is -3.35. The van der Waals surface area contributed by atoms with E-state index in [0.29, 0.717) is 18.7 Å².